The summed E-state index contributed by atoms with van der Waals surface area (Å²) in [4.78, 5) is 11.8. The Morgan fingerprint density at radius 3 is 2.47 bits per heavy atom. The zero-order chi connectivity index (χ0) is 14.0. The predicted molar refractivity (Wildman–Crippen MR) is 73.3 cm³/mol. The van der Waals surface area contributed by atoms with Crippen LogP contribution in [0, 0.1) is 19.7 Å². The van der Waals surface area contributed by atoms with Crippen LogP contribution in [0.3, 0.4) is 0 Å². The van der Waals surface area contributed by atoms with E-state index in [-0.39, 0.29) is 17.8 Å². The van der Waals surface area contributed by atoms with Crippen LogP contribution in [0.5, 0.6) is 0 Å². The molecular weight excluding hydrogens is 243 g/mol. The Kier molecular flexibility index (Phi) is 4.20. The van der Waals surface area contributed by atoms with Gasteiger partial charge in [0.15, 0.2) is 0 Å². The number of benzene rings is 1. The molecule has 1 unspecified atom stereocenters. The molecule has 1 atom stereocenters. The molecule has 104 valence electrons. The van der Waals surface area contributed by atoms with Gasteiger partial charge in [0.2, 0.25) is 5.91 Å². The Morgan fingerprint density at radius 1 is 1.37 bits per heavy atom. The standard InChI is InChI=1S/C15H21FN2O/c1-9-6-12(7-10(2)14(9)16)8-17-11(3)15(19)18-13-4-5-13/h6-7,11,13,17H,4-5,8H2,1-3H3,(H,18,19). The summed E-state index contributed by atoms with van der Waals surface area (Å²) < 4.78 is 13.5. The van der Waals surface area contributed by atoms with Crippen molar-refractivity contribution in [2.24, 2.45) is 0 Å². The van der Waals surface area contributed by atoms with E-state index in [9.17, 15) is 9.18 Å². The highest BCUT2D eigenvalue weighted by Crippen LogP contribution is 2.18. The summed E-state index contributed by atoms with van der Waals surface area (Å²) in [6.45, 7) is 5.94. The van der Waals surface area contributed by atoms with Gasteiger partial charge in [0, 0.05) is 12.6 Å². The minimum atomic E-state index is -0.230. The molecule has 0 spiro atoms. The number of hydrogen-bond acceptors (Lipinski definition) is 2. The summed E-state index contributed by atoms with van der Waals surface area (Å²) in [5, 5.41) is 6.13. The van der Waals surface area contributed by atoms with Gasteiger partial charge in [-0.3, -0.25) is 4.79 Å². The van der Waals surface area contributed by atoms with Crippen LogP contribution in [-0.4, -0.2) is 18.0 Å². The molecule has 1 aromatic rings. The number of amides is 1. The zero-order valence-corrected chi connectivity index (χ0v) is 11.7. The number of halogens is 1. The van der Waals surface area contributed by atoms with Gasteiger partial charge in [-0.05, 0) is 50.3 Å². The third-order valence-corrected chi connectivity index (χ3v) is 3.43. The van der Waals surface area contributed by atoms with Crippen LogP contribution in [0.1, 0.15) is 36.5 Å². The topological polar surface area (TPSA) is 41.1 Å². The van der Waals surface area contributed by atoms with Crippen molar-refractivity contribution >= 4 is 5.91 Å². The van der Waals surface area contributed by atoms with E-state index in [2.05, 4.69) is 10.6 Å². The third kappa shape index (κ3) is 3.77. The van der Waals surface area contributed by atoms with Crippen molar-refractivity contribution in [1.82, 2.24) is 10.6 Å². The van der Waals surface area contributed by atoms with Gasteiger partial charge in [-0.25, -0.2) is 4.39 Å². The molecule has 0 heterocycles. The van der Waals surface area contributed by atoms with Gasteiger partial charge in [-0.15, -0.1) is 0 Å². The fourth-order valence-electron chi connectivity index (χ4n) is 2.06. The summed E-state index contributed by atoms with van der Waals surface area (Å²) in [5.74, 6) is -0.110. The van der Waals surface area contributed by atoms with Gasteiger partial charge in [-0.1, -0.05) is 12.1 Å². The number of rotatable bonds is 5. The van der Waals surface area contributed by atoms with Gasteiger partial charge in [0.05, 0.1) is 6.04 Å². The van der Waals surface area contributed by atoms with Crippen molar-refractivity contribution in [2.45, 2.75) is 52.2 Å². The molecule has 0 aromatic heterocycles. The second-order valence-electron chi connectivity index (χ2n) is 5.43. The predicted octanol–water partition coefficient (Wildman–Crippen LogP) is 2.20. The molecule has 19 heavy (non-hydrogen) atoms. The normalized spacial score (nSPS) is 16.2. The molecule has 0 bridgehead atoms. The summed E-state index contributed by atoms with van der Waals surface area (Å²) >= 11 is 0. The van der Waals surface area contributed by atoms with Crippen LogP contribution >= 0.6 is 0 Å². The first-order valence-corrected chi connectivity index (χ1v) is 6.76. The number of carbonyl (C=O) groups is 1. The van der Waals surface area contributed by atoms with E-state index in [0.717, 1.165) is 18.4 Å². The SMILES string of the molecule is Cc1cc(CNC(C)C(=O)NC2CC2)cc(C)c1F. The molecule has 1 aliphatic carbocycles. The molecule has 2 N–H and O–H groups in total. The van der Waals surface area contributed by atoms with Gasteiger partial charge < -0.3 is 10.6 Å². The molecule has 0 aliphatic heterocycles. The smallest absolute Gasteiger partial charge is 0.237 e. The second-order valence-corrected chi connectivity index (χ2v) is 5.43. The Balaban J connectivity index is 1.88. The van der Waals surface area contributed by atoms with Gasteiger partial charge in [-0.2, -0.15) is 0 Å². The van der Waals surface area contributed by atoms with Crippen molar-refractivity contribution in [3.8, 4) is 0 Å². The van der Waals surface area contributed by atoms with E-state index < -0.39 is 0 Å². The van der Waals surface area contributed by atoms with Crippen molar-refractivity contribution < 1.29 is 9.18 Å². The van der Waals surface area contributed by atoms with Crippen molar-refractivity contribution in [3.63, 3.8) is 0 Å². The molecule has 2 rings (SSSR count). The van der Waals surface area contributed by atoms with E-state index >= 15 is 0 Å². The lowest BCUT2D eigenvalue weighted by atomic mass is 10.1. The van der Waals surface area contributed by atoms with Crippen molar-refractivity contribution in [1.29, 1.82) is 0 Å². The highest BCUT2D eigenvalue weighted by Gasteiger charge is 2.25. The summed E-state index contributed by atoms with van der Waals surface area (Å²) in [7, 11) is 0. The van der Waals surface area contributed by atoms with Crippen LogP contribution in [-0.2, 0) is 11.3 Å². The lowest BCUT2D eigenvalue weighted by molar-refractivity contribution is -0.122. The van der Waals surface area contributed by atoms with E-state index in [1.54, 1.807) is 13.8 Å². The van der Waals surface area contributed by atoms with Crippen molar-refractivity contribution in [3.05, 3.63) is 34.6 Å². The maximum Gasteiger partial charge on any atom is 0.237 e. The quantitative estimate of drug-likeness (QED) is 0.856. The first kappa shape index (κ1) is 14.0. The minimum absolute atomic E-state index is 0.0399. The highest BCUT2D eigenvalue weighted by molar-refractivity contribution is 5.81. The van der Waals surface area contributed by atoms with Crippen LogP contribution in [0.25, 0.3) is 0 Å². The van der Waals surface area contributed by atoms with Gasteiger partial charge >= 0.3 is 0 Å². The van der Waals surface area contributed by atoms with Crippen LogP contribution in [0.2, 0.25) is 0 Å². The molecule has 1 aliphatic rings. The number of hydrogen-bond donors (Lipinski definition) is 2. The molecule has 1 amide bonds. The average Bonchev–Trinajstić information content (AvgIpc) is 3.16. The first-order valence-electron chi connectivity index (χ1n) is 6.76. The Bertz CT molecular complexity index is 460. The van der Waals surface area contributed by atoms with Crippen LogP contribution in [0.4, 0.5) is 4.39 Å². The lowest BCUT2D eigenvalue weighted by Gasteiger charge is -2.14. The Labute approximate surface area is 113 Å². The molecule has 1 saturated carbocycles. The molecule has 1 aromatic carbocycles. The van der Waals surface area contributed by atoms with E-state index in [4.69, 9.17) is 0 Å². The van der Waals surface area contributed by atoms with Crippen LogP contribution < -0.4 is 10.6 Å². The Morgan fingerprint density at radius 2 is 1.95 bits per heavy atom. The monoisotopic (exact) mass is 264 g/mol. The lowest BCUT2D eigenvalue weighted by Crippen LogP contribution is -2.42. The number of nitrogens with one attached hydrogen (secondary N) is 2. The highest BCUT2D eigenvalue weighted by atomic mass is 19.1. The minimum Gasteiger partial charge on any atom is -0.352 e. The van der Waals surface area contributed by atoms with E-state index in [1.165, 1.54) is 0 Å². The van der Waals surface area contributed by atoms with Crippen molar-refractivity contribution in [2.75, 3.05) is 0 Å². The van der Waals surface area contributed by atoms with Gasteiger partial charge in [0.1, 0.15) is 5.82 Å². The number of aryl methyl sites for hydroxylation is 2. The molecule has 1 fully saturated rings. The molecule has 4 heteroatoms. The fraction of sp³-hybridized carbons (Fsp3) is 0.533. The third-order valence-electron chi connectivity index (χ3n) is 3.43. The summed E-state index contributed by atoms with van der Waals surface area (Å²) in [5.41, 5.74) is 2.29. The molecule has 0 radical (unpaired) electrons. The largest absolute Gasteiger partial charge is 0.352 e. The zero-order valence-electron chi connectivity index (χ0n) is 11.7. The van der Waals surface area contributed by atoms with Gasteiger partial charge in [0.25, 0.3) is 0 Å². The van der Waals surface area contributed by atoms with E-state index in [0.29, 0.717) is 23.7 Å². The molecule has 0 saturated heterocycles. The molecule has 3 nitrogen and oxygen atoms in total. The van der Waals surface area contributed by atoms with E-state index in [1.807, 2.05) is 19.1 Å². The number of carbonyl (C=O) groups excluding carboxylic acids is 1. The maximum absolute atomic E-state index is 13.5. The maximum atomic E-state index is 13.5. The molecular formula is C15H21FN2O. The second kappa shape index (κ2) is 5.70. The Hall–Kier alpha value is -1.42. The summed E-state index contributed by atoms with van der Waals surface area (Å²) in [6.07, 6.45) is 2.18. The van der Waals surface area contributed by atoms with Crippen LogP contribution in [0.15, 0.2) is 12.1 Å². The average molecular weight is 264 g/mol. The summed E-state index contributed by atoms with van der Waals surface area (Å²) in [6, 6.07) is 3.79. The first-order chi connectivity index (χ1) is 8.97. The fourth-order valence-corrected chi connectivity index (χ4v) is 2.06.